The van der Waals surface area contributed by atoms with E-state index >= 15 is 0 Å². The highest BCUT2D eigenvalue weighted by molar-refractivity contribution is 5.80. The maximum Gasteiger partial charge on any atom is 0.223 e. The molecular weight excluding hydrogens is 188 g/mol. The predicted octanol–water partition coefficient (Wildman–Crippen LogP) is 0.677. The summed E-state index contributed by atoms with van der Waals surface area (Å²) in [5, 5.41) is 6.44. The highest BCUT2D eigenvalue weighted by Crippen LogP contribution is 2.43. The lowest BCUT2D eigenvalue weighted by atomic mass is 9.92. The molecule has 1 heterocycles. The van der Waals surface area contributed by atoms with Gasteiger partial charge in [0.1, 0.15) is 0 Å². The van der Waals surface area contributed by atoms with E-state index in [2.05, 4.69) is 22.8 Å². The van der Waals surface area contributed by atoms with Crippen LogP contribution in [0.2, 0.25) is 0 Å². The molecule has 4 atom stereocenters. The van der Waals surface area contributed by atoms with Crippen molar-refractivity contribution in [2.45, 2.75) is 25.3 Å². The molecule has 82 valence electrons. The van der Waals surface area contributed by atoms with Crippen LogP contribution in [0.15, 0.2) is 12.2 Å². The molecule has 2 N–H and O–H groups in total. The lowest BCUT2D eigenvalue weighted by Crippen LogP contribution is -2.41. The average molecular weight is 206 g/mol. The van der Waals surface area contributed by atoms with E-state index in [1.54, 1.807) is 0 Å². The van der Waals surface area contributed by atoms with Gasteiger partial charge in [-0.1, -0.05) is 12.2 Å². The Labute approximate surface area is 90.3 Å². The molecule has 0 radical (unpaired) electrons. The van der Waals surface area contributed by atoms with E-state index in [0.29, 0.717) is 23.8 Å². The van der Waals surface area contributed by atoms with E-state index in [-0.39, 0.29) is 5.92 Å². The fraction of sp³-hybridized carbons (Fsp3) is 0.750. The molecule has 1 aliphatic heterocycles. The van der Waals surface area contributed by atoms with Gasteiger partial charge >= 0.3 is 0 Å². The van der Waals surface area contributed by atoms with Gasteiger partial charge in [-0.25, -0.2) is 0 Å². The topological polar surface area (TPSA) is 41.1 Å². The summed E-state index contributed by atoms with van der Waals surface area (Å²) in [7, 11) is 0. The van der Waals surface area contributed by atoms with Gasteiger partial charge in [0.05, 0.1) is 0 Å². The minimum absolute atomic E-state index is 0.264. The van der Waals surface area contributed by atoms with Crippen LogP contribution in [-0.2, 0) is 4.79 Å². The van der Waals surface area contributed by atoms with E-state index < -0.39 is 0 Å². The highest BCUT2D eigenvalue weighted by Gasteiger charge is 2.40. The van der Waals surface area contributed by atoms with Crippen LogP contribution in [0.25, 0.3) is 0 Å². The first-order valence-electron chi connectivity index (χ1n) is 6.02. The van der Waals surface area contributed by atoms with Crippen LogP contribution in [0.5, 0.6) is 0 Å². The lowest BCUT2D eigenvalue weighted by molar-refractivity contribution is -0.126. The van der Waals surface area contributed by atoms with Crippen molar-refractivity contribution >= 4 is 5.91 Å². The highest BCUT2D eigenvalue weighted by atomic mass is 16.2. The molecule has 1 saturated carbocycles. The summed E-state index contributed by atoms with van der Waals surface area (Å²) < 4.78 is 0. The van der Waals surface area contributed by atoms with Crippen molar-refractivity contribution in [1.82, 2.24) is 10.6 Å². The van der Waals surface area contributed by atoms with Crippen molar-refractivity contribution < 1.29 is 4.79 Å². The van der Waals surface area contributed by atoms with Gasteiger partial charge in [0.2, 0.25) is 5.91 Å². The quantitative estimate of drug-likeness (QED) is 0.652. The Morgan fingerprint density at radius 1 is 1.33 bits per heavy atom. The number of fused-ring (bicyclic) bond motifs is 2. The number of rotatable bonds is 2. The first kappa shape index (κ1) is 9.40. The monoisotopic (exact) mass is 206 g/mol. The normalized spacial score (nSPS) is 42.4. The molecule has 2 bridgehead atoms. The minimum atomic E-state index is 0.264. The molecule has 3 aliphatic rings. The van der Waals surface area contributed by atoms with E-state index in [1.807, 2.05) is 0 Å². The van der Waals surface area contributed by atoms with Gasteiger partial charge in [0.25, 0.3) is 0 Å². The van der Waals surface area contributed by atoms with Crippen molar-refractivity contribution in [2.75, 3.05) is 13.1 Å². The van der Waals surface area contributed by atoms with Crippen molar-refractivity contribution in [2.24, 2.45) is 17.8 Å². The molecule has 0 aromatic heterocycles. The number of carbonyl (C=O) groups excluding carboxylic acids is 1. The Hall–Kier alpha value is -0.830. The summed E-state index contributed by atoms with van der Waals surface area (Å²) in [6, 6.07) is 0.376. The molecule has 1 amide bonds. The molecule has 3 heteroatoms. The second-order valence-electron chi connectivity index (χ2n) is 5.09. The average Bonchev–Trinajstić information content (AvgIpc) is 2.93. The van der Waals surface area contributed by atoms with E-state index in [1.165, 1.54) is 6.42 Å². The smallest absolute Gasteiger partial charge is 0.223 e. The van der Waals surface area contributed by atoms with E-state index in [0.717, 1.165) is 25.9 Å². The first-order chi connectivity index (χ1) is 7.33. The maximum absolute atomic E-state index is 12.0. The van der Waals surface area contributed by atoms with Gasteiger partial charge in [-0.05, 0) is 37.6 Å². The molecule has 0 aromatic rings. The minimum Gasteiger partial charge on any atom is -0.352 e. The van der Waals surface area contributed by atoms with Gasteiger partial charge in [-0.15, -0.1) is 0 Å². The standard InChI is InChI=1S/C12H18N2O/c15-12(14-10-3-4-13-7-10)11-6-8-1-2-9(11)5-8/h1-2,8-11,13H,3-7H2,(H,14,15). The number of amides is 1. The molecule has 0 aromatic carbocycles. The SMILES string of the molecule is O=C(NC1CCNC1)C1CC2C=CC1C2. The lowest BCUT2D eigenvalue weighted by Gasteiger charge is -2.20. The number of carbonyl (C=O) groups is 1. The number of hydrogen-bond acceptors (Lipinski definition) is 2. The molecular formula is C12H18N2O. The van der Waals surface area contributed by atoms with Crippen molar-refractivity contribution in [1.29, 1.82) is 0 Å². The summed E-state index contributed by atoms with van der Waals surface area (Å²) in [5.41, 5.74) is 0. The molecule has 1 saturated heterocycles. The van der Waals surface area contributed by atoms with Gasteiger partial charge < -0.3 is 10.6 Å². The van der Waals surface area contributed by atoms with Crippen molar-refractivity contribution in [3.05, 3.63) is 12.2 Å². The largest absolute Gasteiger partial charge is 0.352 e. The third kappa shape index (κ3) is 1.69. The summed E-state index contributed by atoms with van der Waals surface area (Å²) in [4.78, 5) is 12.0. The Balaban J connectivity index is 1.58. The van der Waals surface area contributed by atoms with E-state index in [4.69, 9.17) is 0 Å². The van der Waals surface area contributed by atoms with Gasteiger partial charge in [0.15, 0.2) is 0 Å². The van der Waals surface area contributed by atoms with Crippen LogP contribution in [0, 0.1) is 17.8 Å². The molecule has 2 fully saturated rings. The zero-order valence-electron chi connectivity index (χ0n) is 8.91. The van der Waals surface area contributed by atoms with Crippen LogP contribution in [0.3, 0.4) is 0 Å². The molecule has 2 aliphatic carbocycles. The summed E-state index contributed by atoms with van der Waals surface area (Å²) >= 11 is 0. The molecule has 0 spiro atoms. The fourth-order valence-corrected chi connectivity index (χ4v) is 3.17. The van der Waals surface area contributed by atoms with Gasteiger partial charge in [0, 0.05) is 18.5 Å². The maximum atomic E-state index is 12.0. The van der Waals surface area contributed by atoms with Crippen LogP contribution in [0.4, 0.5) is 0 Å². The predicted molar refractivity (Wildman–Crippen MR) is 58.3 cm³/mol. The Bertz CT molecular complexity index is 294. The third-order valence-electron chi connectivity index (χ3n) is 4.02. The van der Waals surface area contributed by atoms with Crippen molar-refractivity contribution in [3.63, 3.8) is 0 Å². The zero-order valence-corrected chi connectivity index (χ0v) is 8.91. The van der Waals surface area contributed by atoms with Crippen LogP contribution in [-0.4, -0.2) is 25.0 Å². The summed E-state index contributed by atoms with van der Waals surface area (Å²) in [5.74, 6) is 1.78. The van der Waals surface area contributed by atoms with Crippen LogP contribution < -0.4 is 10.6 Å². The second-order valence-corrected chi connectivity index (χ2v) is 5.09. The number of hydrogen-bond donors (Lipinski definition) is 2. The Morgan fingerprint density at radius 3 is 2.87 bits per heavy atom. The van der Waals surface area contributed by atoms with E-state index in [9.17, 15) is 4.79 Å². The Kier molecular flexibility index (Phi) is 2.28. The number of nitrogens with one attached hydrogen (secondary N) is 2. The fourth-order valence-electron chi connectivity index (χ4n) is 3.17. The third-order valence-corrected chi connectivity index (χ3v) is 4.02. The van der Waals surface area contributed by atoms with Crippen LogP contribution >= 0.6 is 0 Å². The molecule has 3 rings (SSSR count). The summed E-state index contributed by atoms with van der Waals surface area (Å²) in [6.07, 6.45) is 7.90. The zero-order chi connectivity index (χ0) is 10.3. The number of allylic oxidation sites excluding steroid dienone is 2. The Morgan fingerprint density at radius 2 is 2.27 bits per heavy atom. The first-order valence-corrected chi connectivity index (χ1v) is 6.02. The summed E-state index contributed by atoms with van der Waals surface area (Å²) in [6.45, 7) is 1.99. The molecule has 15 heavy (non-hydrogen) atoms. The second kappa shape index (κ2) is 3.63. The van der Waals surface area contributed by atoms with Crippen molar-refractivity contribution in [3.8, 4) is 0 Å². The van der Waals surface area contributed by atoms with Gasteiger partial charge in [-0.2, -0.15) is 0 Å². The molecule has 4 unspecified atom stereocenters. The van der Waals surface area contributed by atoms with Gasteiger partial charge in [-0.3, -0.25) is 4.79 Å². The van der Waals surface area contributed by atoms with Crippen LogP contribution in [0.1, 0.15) is 19.3 Å². The molecule has 3 nitrogen and oxygen atoms in total.